The first kappa shape index (κ1) is 12.6. The molecule has 0 N–H and O–H groups in total. The second kappa shape index (κ2) is 4.18. The zero-order chi connectivity index (χ0) is 14.6. The van der Waals surface area contributed by atoms with Crippen LogP contribution in [0.25, 0.3) is 5.65 Å². The number of nitrogens with zero attached hydrogens (tertiary/aromatic N) is 5. The van der Waals surface area contributed by atoms with Crippen LogP contribution in [0.5, 0.6) is 0 Å². The van der Waals surface area contributed by atoms with E-state index in [0.717, 1.165) is 12.8 Å². The van der Waals surface area contributed by atoms with Crippen molar-refractivity contribution in [2.24, 2.45) is 11.3 Å². The molecule has 4 rings (SSSR count). The average Bonchev–Trinajstić information content (AvgIpc) is 3.12. The van der Waals surface area contributed by atoms with E-state index in [0.29, 0.717) is 29.5 Å². The lowest BCUT2D eigenvalue weighted by molar-refractivity contribution is -0.123. The van der Waals surface area contributed by atoms with Crippen LogP contribution in [0, 0.1) is 22.7 Å². The number of fused-ring (bicyclic) bond motifs is 1. The quantitative estimate of drug-likeness (QED) is 0.850. The number of pyridine rings is 1. The zero-order valence-corrected chi connectivity index (χ0v) is 11.9. The van der Waals surface area contributed by atoms with E-state index in [1.807, 2.05) is 0 Å². The van der Waals surface area contributed by atoms with E-state index in [4.69, 9.17) is 11.6 Å². The lowest BCUT2D eigenvalue weighted by Crippen LogP contribution is -2.36. The van der Waals surface area contributed by atoms with Crippen molar-refractivity contribution >= 4 is 29.0 Å². The van der Waals surface area contributed by atoms with Crippen molar-refractivity contribution < 1.29 is 4.79 Å². The molecule has 0 radical (unpaired) electrons. The fraction of sp³-hybridized carbons (Fsp3) is 0.429. The van der Waals surface area contributed by atoms with Crippen LogP contribution < -0.4 is 4.90 Å². The third-order valence-electron chi connectivity index (χ3n) is 4.43. The molecule has 1 amide bonds. The van der Waals surface area contributed by atoms with E-state index in [-0.39, 0.29) is 11.8 Å². The van der Waals surface area contributed by atoms with E-state index >= 15 is 0 Å². The summed E-state index contributed by atoms with van der Waals surface area (Å²) in [5.41, 5.74) is -0.277. The van der Waals surface area contributed by atoms with Crippen molar-refractivity contribution in [1.82, 2.24) is 14.6 Å². The van der Waals surface area contributed by atoms with Crippen LogP contribution >= 0.6 is 11.6 Å². The van der Waals surface area contributed by atoms with Gasteiger partial charge in [-0.1, -0.05) is 11.6 Å². The van der Waals surface area contributed by atoms with Crippen LogP contribution in [0.3, 0.4) is 0 Å². The number of nitriles is 1. The molecule has 1 aliphatic heterocycles. The maximum absolute atomic E-state index is 12.8. The van der Waals surface area contributed by atoms with Crippen LogP contribution in [0.1, 0.15) is 19.3 Å². The lowest BCUT2D eigenvalue weighted by atomic mass is 9.83. The molecule has 1 aliphatic carbocycles. The van der Waals surface area contributed by atoms with Gasteiger partial charge in [0.15, 0.2) is 5.65 Å². The number of aromatic nitrogens is 3. The fourth-order valence-electron chi connectivity index (χ4n) is 3.17. The normalized spacial score (nSPS) is 25.5. The second-order valence-corrected chi connectivity index (χ2v) is 6.06. The molecule has 2 aromatic rings. The minimum atomic E-state index is -0.866. The Bertz CT molecular complexity index is 790. The van der Waals surface area contributed by atoms with Crippen molar-refractivity contribution in [2.75, 3.05) is 11.4 Å². The van der Waals surface area contributed by atoms with E-state index in [9.17, 15) is 10.1 Å². The monoisotopic (exact) mass is 301 g/mol. The number of anilines is 1. The van der Waals surface area contributed by atoms with Gasteiger partial charge in [-0.3, -0.25) is 9.69 Å². The largest absolute Gasteiger partial charge is 0.295 e. The van der Waals surface area contributed by atoms with Gasteiger partial charge in [0.25, 0.3) is 0 Å². The van der Waals surface area contributed by atoms with E-state index < -0.39 is 5.41 Å². The molecule has 0 bridgehead atoms. The number of amides is 1. The molecule has 1 saturated carbocycles. The topological polar surface area (TPSA) is 74.3 Å². The Hall–Kier alpha value is -2.13. The van der Waals surface area contributed by atoms with Crippen LogP contribution in [0.15, 0.2) is 18.5 Å². The maximum Gasteiger partial charge on any atom is 0.248 e. The highest BCUT2D eigenvalue weighted by Crippen LogP contribution is 2.51. The van der Waals surface area contributed by atoms with Crippen molar-refractivity contribution in [1.29, 1.82) is 5.26 Å². The highest BCUT2D eigenvalue weighted by Gasteiger charge is 2.57. The number of rotatable bonds is 2. The standard InChI is InChI=1S/C14H12ClN5O/c15-10-5-11-17-8-18-20(11)12(6-10)19-4-3-14(7-16,13(19)21)9-1-2-9/h5-6,8-9H,1-4H2/t14-/m1/s1. The molecular formula is C14H12ClN5O. The first-order chi connectivity index (χ1) is 10.2. The van der Waals surface area contributed by atoms with Gasteiger partial charge in [0.2, 0.25) is 5.91 Å². The Morgan fingerprint density at radius 2 is 2.24 bits per heavy atom. The van der Waals surface area contributed by atoms with Crippen LogP contribution in [-0.4, -0.2) is 27.0 Å². The molecule has 7 heteroatoms. The Morgan fingerprint density at radius 1 is 1.43 bits per heavy atom. The third-order valence-corrected chi connectivity index (χ3v) is 4.65. The third kappa shape index (κ3) is 1.67. The second-order valence-electron chi connectivity index (χ2n) is 5.63. The molecule has 106 valence electrons. The molecule has 2 aliphatic rings. The minimum Gasteiger partial charge on any atom is -0.295 e. The predicted octanol–water partition coefficient (Wildman–Crippen LogP) is 2.04. The number of hydrogen-bond acceptors (Lipinski definition) is 4. The summed E-state index contributed by atoms with van der Waals surface area (Å²) in [4.78, 5) is 18.5. The van der Waals surface area contributed by atoms with Gasteiger partial charge in [-0.2, -0.15) is 14.9 Å². The Morgan fingerprint density at radius 3 is 2.95 bits per heavy atom. The van der Waals surface area contributed by atoms with Gasteiger partial charge >= 0.3 is 0 Å². The molecule has 2 aromatic heterocycles. The Kier molecular flexibility index (Phi) is 2.51. The van der Waals surface area contributed by atoms with Crippen LogP contribution in [-0.2, 0) is 4.79 Å². The molecule has 1 saturated heterocycles. The Balaban J connectivity index is 1.82. The van der Waals surface area contributed by atoms with Crippen LogP contribution in [0.4, 0.5) is 5.82 Å². The lowest BCUT2D eigenvalue weighted by Gasteiger charge is -2.21. The summed E-state index contributed by atoms with van der Waals surface area (Å²) in [5, 5.41) is 14.2. The molecule has 0 unspecified atom stereocenters. The Labute approximate surface area is 125 Å². The molecule has 0 spiro atoms. The van der Waals surface area contributed by atoms with Crippen molar-refractivity contribution in [3.8, 4) is 6.07 Å². The molecule has 0 aromatic carbocycles. The SMILES string of the molecule is N#C[C@@]1(C2CC2)CCN(c2cc(Cl)cc3ncnn23)C1=O. The molecule has 2 fully saturated rings. The van der Waals surface area contributed by atoms with Crippen molar-refractivity contribution in [3.63, 3.8) is 0 Å². The maximum atomic E-state index is 12.8. The highest BCUT2D eigenvalue weighted by atomic mass is 35.5. The van der Waals surface area contributed by atoms with Gasteiger partial charge in [-0.25, -0.2) is 4.98 Å². The first-order valence-corrected chi connectivity index (χ1v) is 7.26. The molecule has 3 heterocycles. The summed E-state index contributed by atoms with van der Waals surface area (Å²) < 4.78 is 1.59. The predicted molar refractivity (Wildman–Crippen MR) is 75.7 cm³/mol. The smallest absolute Gasteiger partial charge is 0.248 e. The summed E-state index contributed by atoms with van der Waals surface area (Å²) in [6.07, 6.45) is 3.91. The van der Waals surface area contributed by atoms with Crippen molar-refractivity contribution in [2.45, 2.75) is 19.3 Å². The van der Waals surface area contributed by atoms with Crippen LogP contribution in [0.2, 0.25) is 5.02 Å². The van der Waals surface area contributed by atoms with Gasteiger partial charge < -0.3 is 0 Å². The van der Waals surface area contributed by atoms with E-state index in [2.05, 4.69) is 16.2 Å². The summed E-state index contributed by atoms with van der Waals surface area (Å²) in [5.74, 6) is 0.648. The average molecular weight is 302 g/mol. The van der Waals surface area contributed by atoms with E-state index in [1.54, 1.807) is 21.5 Å². The van der Waals surface area contributed by atoms with Gasteiger partial charge in [-0.05, 0) is 31.2 Å². The van der Waals surface area contributed by atoms with Gasteiger partial charge in [0.1, 0.15) is 17.6 Å². The number of halogens is 1. The number of hydrogen-bond donors (Lipinski definition) is 0. The molecule has 21 heavy (non-hydrogen) atoms. The van der Waals surface area contributed by atoms with Gasteiger partial charge in [0.05, 0.1) is 6.07 Å². The molecule has 1 atom stereocenters. The van der Waals surface area contributed by atoms with Crippen molar-refractivity contribution in [3.05, 3.63) is 23.5 Å². The number of carbonyl (C=O) groups is 1. The summed E-state index contributed by atoms with van der Waals surface area (Å²) in [7, 11) is 0. The highest BCUT2D eigenvalue weighted by molar-refractivity contribution is 6.31. The van der Waals surface area contributed by atoms with Gasteiger partial charge in [0, 0.05) is 17.6 Å². The summed E-state index contributed by atoms with van der Waals surface area (Å²) in [6, 6.07) is 5.66. The number of carbonyl (C=O) groups excluding carboxylic acids is 1. The first-order valence-electron chi connectivity index (χ1n) is 6.88. The van der Waals surface area contributed by atoms with E-state index in [1.165, 1.54) is 6.33 Å². The zero-order valence-electron chi connectivity index (χ0n) is 11.2. The summed E-state index contributed by atoms with van der Waals surface area (Å²) in [6.45, 7) is 0.512. The van der Waals surface area contributed by atoms with Gasteiger partial charge in [-0.15, -0.1) is 0 Å². The molecular weight excluding hydrogens is 290 g/mol. The molecule has 6 nitrogen and oxygen atoms in total. The minimum absolute atomic E-state index is 0.133. The fourth-order valence-corrected chi connectivity index (χ4v) is 3.37. The summed E-state index contributed by atoms with van der Waals surface area (Å²) >= 11 is 6.10.